The van der Waals surface area contributed by atoms with E-state index in [1.807, 2.05) is 44.3 Å². The summed E-state index contributed by atoms with van der Waals surface area (Å²) in [4.78, 5) is 4.32. The van der Waals surface area contributed by atoms with Gasteiger partial charge in [-0.3, -0.25) is 4.98 Å². The van der Waals surface area contributed by atoms with Crippen LogP contribution in [0.5, 0.6) is 5.75 Å². The summed E-state index contributed by atoms with van der Waals surface area (Å²) in [6.45, 7) is 3.21. The summed E-state index contributed by atoms with van der Waals surface area (Å²) < 4.78 is 5.85. The fourth-order valence-electron chi connectivity index (χ4n) is 1.83. The van der Waals surface area contributed by atoms with Gasteiger partial charge in [0.15, 0.2) is 0 Å². The zero-order valence-corrected chi connectivity index (χ0v) is 11.9. The molecule has 0 spiro atoms. The maximum atomic E-state index is 6.00. The van der Waals surface area contributed by atoms with Gasteiger partial charge in [0.25, 0.3) is 0 Å². The van der Waals surface area contributed by atoms with Crippen LogP contribution >= 0.6 is 11.6 Å². The summed E-state index contributed by atoms with van der Waals surface area (Å²) in [5.74, 6) is 0.837. The van der Waals surface area contributed by atoms with Gasteiger partial charge < -0.3 is 10.1 Å². The zero-order valence-electron chi connectivity index (χ0n) is 11.1. The van der Waals surface area contributed by atoms with Crippen molar-refractivity contribution in [3.05, 3.63) is 58.4 Å². The molecule has 0 unspecified atom stereocenters. The van der Waals surface area contributed by atoms with Crippen LogP contribution in [0.1, 0.15) is 16.8 Å². The Bertz CT molecular complexity index is 558. The quantitative estimate of drug-likeness (QED) is 0.909. The van der Waals surface area contributed by atoms with Crippen molar-refractivity contribution < 1.29 is 4.74 Å². The van der Waals surface area contributed by atoms with Gasteiger partial charge in [-0.15, -0.1) is 0 Å². The summed E-state index contributed by atoms with van der Waals surface area (Å²) >= 11 is 6.00. The highest BCUT2D eigenvalue weighted by atomic mass is 35.5. The number of ether oxygens (including phenoxy) is 1. The first-order valence-corrected chi connectivity index (χ1v) is 6.55. The molecular formula is C15H17ClN2O. The average molecular weight is 277 g/mol. The van der Waals surface area contributed by atoms with E-state index < -0.39 is 0 Å². The molecule has 1 N–H and O–H groups in total. The molecular weight excluding hydrogens is 260 g/mol. The molecule has 1 aromatic carbocycles. The Kier molecular flexibility index (Phi) is 4.77. The van der Waals surface area contributed by atoms with E-state index in [0.717, 1.165) is 29.1 Å². The van der Waals surface area contributed by atoms with E-state index in [4.69, 9.17) is 16.3 Å². The van der Waals surface area contributed by atoms with Gasteiger partial charge >= 0.3 is 0 Å². The molecule has 2 aromatic rings. The number of pyridine rings is 1. The van der Waals surface area contributed by atoms with E-state index >= 15 is 0 Å². The van der Waals surface area contributed by atoms with Gasteiger partial charge in [-0.2, -0.15) is 0 Å². The molecule has 0 amide bonds. The molecule has 0 atom stereocenters. The van der Waals surface area contributed by atoms with Crippen LogP contribution in [0.2, 0.25) is 5.02 Å². The standard InChI is InChI=1S/C15H17ClN2O/c1-11-4-3-7-18-14(11)10-19-15-6-5-13(16)8-12(15)9-17-2/h3-8,17H,9-10H2,1-2H3. The van der Waals surface area contributed by atoms with Gasteiger partial charge in [-0.05, 0) is 43.8 Å². The molecule has 0 aliphatic rings. The first-order valence-electron chi connectivity index (χ1n) is 6.17. The Hall–Kier alpha value is -1.58. The van der Waals surface area contributed by atoms with Gasteiger partial charge in [-0.1, -0.05) is 17.7 Å². The van der Waals surface area contributed by atoms with Crippen molar-refractivity contribution in [1.29, 1.82) is 0 Å². The SMILES string of the molecule is CNCc1cc(Cl)ccc1OCc1ncccc1C. The molecule has 100 valence electrons. The van der Waals surface area contributed by atoms with Crippen LogP contribution < -0.4 is 10.1 Å². The third kappa shape index (κ3) is 3.69. The minimum atomic E-state index is 0.463. The molecule has 4 heteroatoms. The van der Waals surface area contributed by atoms with Crippen LogP contribution in [0.25, 0.3) is 0 Å². The second-order valence-corrected chi connectivity index (χ2v) is 4.77. The van der Waals surface area contributed by atoms with E-state index in [2.05, 4.69) is 10.3 Å². The summed E-state index contributed by atoms with van der Waals surface area (Å²) in [5, 5.41) is 3.82. The second-order valence-electron chi connectivity index (χ2n) is 4.34. The van der Waals surface area contributed by atoms with E-state index in [0.29, 0.717) is 11.6 Å². The van der Waals surface area contributed by atoms with Gasteiger partial charge in [0.2, 0.25) is 0 Å². The first kappa shape index (κ1) is 13.8. The second kappa shape index (κ2) is 6.55. The van der Waals surface area contributed by atoms with Crippen molar-refractivity contribution >= 4 is 11.6 Å². The number of aromatic nitrogens is 1. The normalized spacial score (nSPS) is 10.5. The average Bonchev–Trinajstić information content (AvgIpc) is 2.40. The summed E-state index contributed by atoms with van der Waals surface area (Å²) in [7, 11) is 1.90. The fraction of sp³-hybridized carbons (Fsp3) is 0.267. The molecule has 2 rings (SSSR count). The van der Waals surface area contributed by atoms with E-state index in [1.54, 1.807) is 6.20 Å². The number of nitrogens with one attached hydrogen (secondary N) is 1. The van der Waals surface area contributed by atoms with E-state index in [-0.39, 0.29) is 0 Å². The number of hydrogen-bond donors (Lipinski definition) is 1. The molecule has 1 heterocycles. The topological polar surface area (TPSA) is 34.1 Å². The largest absolute Gasteiger partial charge is 0.487 e. The zero-order chi connectivity index (χ0) is 13.7. The van der Waals surface area contributed by atoms with Crippen LogP contribution in [0.3, 0.4) is 0 Å². The number of benzene rings is 1. The van der Waals surface area contributed by atoms with Crippen molar-refractivity contribution in [3.8, 4) is 5.75 Å². The van der Waals surface area contributed by atoms with Crippen LogP contribution in [0.4, 0.5) is 0 Å². The summed E-state index contributed by atoms with van der Waals surface area (Å²) in [6, 6.07) is 9.60. The number of aryl methyl sites for hydroxylation is 1. The molecule has 0 saturated heterocycles. The highest BCUT2D eigenvalue weighted by Crippen LogP contribution is 2.23. The molecule has 0 bridgehead atoms. The van der Waals surface area contributed by atoms with Crippen LogP contribution in [-0.2, 0) is 13.2 Å². The molecule has 0 aliphatic carbocycles. The van der Waals surface area contributed by atoms with Crippen molar-refractivity contribution in [2.45, 2.75) is 20.1 Å². The maximum absolute atomic E-state index is 6.00. The third-order valence-corrected chi connectivity index (χ3v) is 3.11. The van der Waals surface area contributed by atoms with Gasteiger partial charge in [0, 0.05) is 23.3 Å². The highest BCUT2D eigenvalue weighted by molar-refractivity contribution is 6.30. The smallest absolute Gasteiger partial charge is 0.130 e. The Labute approximate surface area is 118 Å². The van der Waals surface area contributed by atoms with Crippen LogP contribution in [0, 0.1) is 6.92 Å². The van der Waals surface area contributed by atoms with Crippen LogP contribution in [-0.4, -0.2) is 12.0 Å². The predicted octanol–water partition coefficient (Wildman–Crippen LogP) is 3.34. The maximum Gasteiger partial charge on any atom is 0.130 e. The third-order valence-electron chi connectivity index (χ3n) is 2.87. The lowest BCUT2D eigenvalue weighted by molar-refractivity contribution is 0.297. The molecule has 1 aromatic heterocycles. The molecule has 3 nitrogen and oxygen atoms in total. The van der Waals surface area contributed by atoms with Crippen molar-refractivity contribution in [2.24, 2.45) is 0 Å². The van der Waals surface area contributed by atoms with Gasteiger partial charge in [0.1, 0.15) is 12.4 Å². The van der Waals surface area contributed by atoms with Crippen molar-refractivity contribution in [3.63, 3.8) is 0 Å². The highest BCUT2D eigenvalue weighted by Gasteiger charge is 2.06. The molecule has 19 heavy (non-hydrogen) atoms. The number of halogens is 1. The minimum absolute atomic E-state index is 0.463. The first-order chi connectivity index (χ1) is 9.20. The Morgan fingerprint density at radius 2 is 2.16 bits per heavy atom. The lowest BCUT2D eigenvalue weighted by atomic mass is 10.2. The van der Waals surface area contributed by atoms with Crippen LogP contribution in [0.15, 0.2) is 36.5 Å². The minimum Gasteiger partial charge on any atom is -0.487 e. The monoisotopic (exact) mass is 276 g/mol. The summed E-state index contributed by atoms with van der Waals surface area (Å²) in [6.07, 6.45) is 1.78. The fourth-order valence-corrected chi connectivity index (χ4v) is 2.03. The lowest BCUT2D eigenvalue weighted by Gasteiger charge is -2.12. The van der Waals surface area contributed by atoms with Crippen molar-refractivity contribution in [2.75, 3.05) is 7.05 Å². The predicted molar refractivity (Wildman–Crippen MR) is 77.5 cm³/mol. The Morgan fingerprint density at radius 1 is 1.32 bits per heavy atom. The Balaban J connectivity index is 2.13. The van der Waals surface area contributed by atoms with E-state index in [1.165, 1.54) is 0 Å². The number of hydrogen-bond acceptors (Lipinski definition) is 3. The Morgan fingerprint density at radius 3 is 2.89 bits per heavy atom. The molecule has 0 aliphatic heterocycles. The van der Waals surface area contributed by atoms with Gasteiger partial charge in [-0.25, -0.2) is 0 Å². The van der Waals surface area contributed by atoms with Gasteiger partial charge in [0.05, 0.1) is 5.69 Å². The lowest BCUT2D eigenvalue weighted by Crippen LogP contribution is -2.08. The number of rotatable bonds is 5. The summed E-state index contributed by atoms with van der Waals surface area (Å²) in [5.41, 5.74) is 3.13. The molecule has 0 radical (unpaired) electrons. The number of nitrogens with zero attached hydrogens (tertiary/aromatic N) is 1. The molecule has 0 fully saturated rings. The van der Waals surface area contributed by atoms with Crippen molar-refractivity contribution in [1.82, 2.24) is 10.3 Å². The van der Waals surface area contributed by atoms with E-state index in [9.17, 15) is 0 Å². The molecule has 0 saturated carbocycles.